The molecular formula is C7H14IN3O. The Hall–Kier alpha value is -0.480. The van der Waals surface area contributed by atoms with Crippen molar-refractivity contribution in [2.45, 2.75) is 0 Å². The molecule has 0 aromatic rings. The van der Waals surface area contributed by atoms with Crippen molar-refractivity contribution >= 4 is 29.9 Å². The Morgan fingerprint density at radius 3 is 2.92 bits per heavy atom. The Balaban J connectivity index is 0. The summed E-state index contributed by atoms with van der Waals surface area (Å²) in [6, 6.07) is 0. The Kier molecular flexibility index (Phi) is 12.3. The first-order valence-corrected chi connectivity index (χ1v) is 3.27. The number of ether oxygens (including phenoxy) is 1. The third-order valence-corrected chi connectivity index (χ3v) is 0.949. The van der Waals surface area contributed by atoms with Crippen LogP contribution in [0.25, 0.3) is 0 Å². The van der Waals surface area contributed by atoms with E-state index in [4.69, 9.17) is 16.9 Å². The van der Waals surface area contributed by atoms with Crippen molar-refractivity contribution in [2.24, 2.45) is 10.7 Å². The highest BCUT2D eigenvalue weighted by molar-refractivity contribution is 14.0. The van der Waals surface area contributed by atoms with Gasteiger partial charge in [-0.2, -0.15) is 0 Å². The highest BCUT2D eigenvalue weighted by atomic mass is 127. The molecule has 0 aromatic carbocycles. The molecule has 0 atom stereocenters. The maximum absolute atomic E-state index is 5.39. The summed E-state index contributed by atoms with van der Waals surface area (Å²) >= 11 is 0. The number of terminal acetylenes is 1. The average molecular weight is 283 g/mol. The van der Waals surface area contributed by atoms with Crippen LogP contribution in [0.3, 0.4) is 0 Å². The van der Waals surface area contributed by atoms with Gasteiger partial charge in [-0.15, -0.1) is 30.4 Å². The maximum Gasteiger partial charge on any atom is 0.189 e. The van der Waals surface area contributed by atoms with Gasteiger partial charge in [-0.25, -0.2) is 0 Å². The fourth-order valence-corrected chi connectivity index (χ4v) is 0.455. The number of nitrogens with two attached hydrogens (primary N) is 1. The van der Waals surface area contributed by atoms with E-state index in [1.807, 2.05) is 0 Å². The van der Waals surface area contributed by atoms with Crippen molar-refractivity contribution in [1.82, 2.24) is 5.32 Å². The third kappa shape index (κ3) is 9.52. The van der Waals surface area contributed by atoms with E-state index >= 15 is 0 Å². The van der Waals surface area contributed by atoms with Crippen LogP contribution < -0.4 is 11.1 Å². The Morgan fingerprint density at radius 1 is 1.75 bits per heavy atom. The minimum Gasteiger partial charge on any atom is -0.383 e. The van der Waals surface area contributed by atoms with E-state index in [0.717, 1.165) is 0 Å². The number of hydrogen-bond donors (Lipinski definition) is 2. The van der Waals surface area contributed by atoms with Crippen LogP contribution in [-0.4, -0.2) is 32.8 Å². The zero-order chi connectivity index (χ0) is 8.53. The molecule has 12 heavy (non-hydrogen) atoms. The van der Waals surface area contributed by atoms with Crippen molar-refractivity contribution in [2.75, 3.05) is 26.8 Å². The van der Waals surface area contributed by atoms with Gasteiger partial charge in [0.1, 0.15) is 0 Å². The van der Waals surface area contributed by atoms with Crippen LogP contribution >= 0.6 is 24.0 Å². The molecule has 0 bridgehead atoms. The van der Waals surface area contributed by atoms with Gasteiger partial charge in [0.2, 0.25) is 0 Å². The summed E-state index contributed by atoms with van der Waals surface area (Å²) in [6.45, 7) is 1.53. The smallest absolute Gasteiger partial charge is 0.189 e. The molecule has 0 saturated carbocycles. The van der Waals surface area contributed by atoms with Gasteiger partial charge >= 0.3 is 0 Å². The van der Waals surface area contributed by atoms with Crippen molar-refractivity contribution in [3.8, 4) is 12.3 Å². The quantitative estimate of drug-likeness (QED) is 0.247. The van der Waals surface area contributed by atoms with Crippen LogP contribution in [-0.2, 0) is 4.74 Å². The van der Waals surface area contributed by atoms with E-state index in [9.17, 15) is 0 Å². The van der Waals surface area contributed by atoms with Crippen LogP contribution in [0.15, 0.2) is 4.99 Å². The molecule has 0 radical (unpaired) electrons. The number of halogens is 1. The number of hydrogen-bond acceptors (Lipinski definition) is 2. The molecule has 0 amide bonds. The monoisotopic (exact) mass is 283 g/mol. The van der Waals surface area contributed by atoms with Gasteiger partial charge in [0, 0.05) is 7.11 Å². The topological polar surface area (TPSA) is 59.6 Å². The summed E-state index contributed by atoms with van der Waals surface area (Å²) in [5.41, 5.74) is 5.39. The Bertz CT molecular complexity index is 165. The second kappa shape index (κ2) is 10.5. The van der Waals surface area contributed by atoms with Crippen LogP contribution in [0.1, 0.15) is 0 Å². The zero-order valence-corrected chi connectivity index (χ0v) is 9.37. The lowest BCUT2D eigenvalue weighted by Gasteiger charge is -1.99. The van der Waals surface area contributed by atoms with E-state index in [1.54, 1.807) is 7.11 Å². The van der Waals surface area contributed by atoms with Gasteiger partial charge in [0.05, 0.1) is 19.7 Å². The molecule has 5 heteroatoms. The number of methoxy groups -OCH3 is 1. The Labute approximate surface area is 90.0 Å². The SMILES string of the molecule is C#CCNC(N)=NCCOC.I. The average Bonchev–Trinajstić information content (AvgIpc) is 2.01. The zero-order valence-electron chi connectivity index (χ0n) is 7.04. The molecule has 0 heterocycles. The third-order valence-electron chi connectivity index (χ3n) is 0.949. The predicted molar refractivity (Wildman–Crippen MR) is 60.6 cm³/mol. The molecule has 4 nitrogen and oxygen atoms in total. The summed E-state index contributed by atoms with van der Waals surface area (Å²) in [5, 5.41) is 2.73. The molecule has 0 spiro atoms. The van der Waals surface area contributed by atoms with E-state index < -0.39 is 0 Å². The molecule has 0 aromatic heterocycles. The summed E-state index contributed by atoms with van der Waals surface area (Å²) in [4.78, 5) is 3.91. The first kappa shape index (κ1) is 14.1. The van der Waals surface area contributed by atoms with Gasteiger partial charge in [-0.1, -0.05) is 5.92 Å². The molecule has 0 aliphatic carbocycles. The first-order valence-electron chi connectivity index (χ1n) is 3.27. The maximum atomic E-state index is 5.39. The second-order valence-corrected chi connectivity index (χ2v) is 1.82. The van der Waals surface area contributed by atoms with Crippen molar-refractivity contribution in [3.05, 3.63) is 0 Å². The summed E-state index contributed by atoms with van der Waals surface area (Å²) < 4.78 is 4.77. The van der Waals surface area contributed by atoms with E-state index in [2.05, 4.69) is 16.2 Å². The van der Waals surface area contributed by atoms with Crippen molar-refractivity contribution in [1.29, 1.82) is 0 Å². The largest absolute Gasteiger partial charge is 0.383 e. The molecule has 0 unspecified atom stereocenters. The number of guanidine groups is 1. The Morgan fingerprint density at radius 2 is 2.42 bits per heavy atom. The second-order valence-electron chi connectivity index (χ2n) is 1.82. The normalized spacial score (nSPS) is 9.83. The highest BCUT2D eigenvalue weighted by Crippen LogP contribution is 1.70. The van der Waals surface area contributed by atoms with Crippen LogP contribution in [0, 0.1) is 12.3 Å². The van der Waals surface area contributed by atoms with Gasteiger partial charge in [-0.3, -0.25) is 4.99 Å². The fraction of sp³-hybridized carbons (Fsp3) is 0.571. The van der Waals surface area contributed by atoms with E-state index in [0.29, 0.717) is 25.7 Å². The van der Waals surface area contributed by atoms with Gasteiger partial charge < -0.3 is 15.8 Å². The van der Waals surface area contributed by atoms with Crippen LogP contribution in [0.4, 0.5) is 0 Å². The molecule has 70 valence electrons. The standard InChI is InChI=1S/C7H13N3O.HI/c1-3-4-9-7(8)10-5-6-11-2;/h1H,4-6H2,2H3,(H3,8,9,10);1H. The van der Waals surface area contributed by atoms with Gasteiger partial charge in [0.15, 0.2) is 5.96 Å². The number of nitrogens with zero attached hydrogens (tertiary/aromatic N) is 1. The molecule has 0 saturated heterocycles. The van der Waals surface area contributed by atoms with Crippen LogP contribution in [0.2, 0.25) is 0 Å². The summed E-state index contributed by atoms with van der Waals surface area (Å²) in [6.07, 6.45) is 4.98. The summed E-state index contributed by atoms with van der Waals surface area (Å²) in [5.74, 6) is 2.75. The molecule has 0 fully saturated rings. The lowest BCUT2D eigenvalue weighted by molar-refractivity contribution is 0.208. The van der Waals surface area contributed by atoms with Gasteiger partial charge in [0.25, 0.3) is 0 Å². The minimum atomic E-state index is 0. The highest BCUT2D eigenvalue weighted by Gasteiger charge is 1.86. The summed E-state index contributed by atoms with van der Waals surface area (Å²) in [7, 11) is 1.61. The number of nitrogens with one attached hydrogen (secondary N) is 1. The van der Waals surface area contributed by atoms with Crippen molar-refractivity contribution < 1.29 is 4.74 Å². The molecular weight excluding hydrogens is 269 g/mol. The van der Waals surface area contributed by atoms with Gasteiger partial charge in [-0.05, 0) is 0 Å². The fourth-order valence-electron chi connectivity index (χ4n) is 0.455. The lowest BCUT2D eigenvalue weighted by atomic mass is 10.6. The molecule has 3 N–H and O–H groups in total. The molecule has 0 aliphatic rings. The lowest BCUT2D eigenvalue weighted by Crippen LogP contribution is -2.32. The number of aliphatic imine (C=N–C) groups is 1. The van der Waals surface area contributed by atoms with E-state index in [-0.39, 0.29) is 24.0 Å². The molecule has 0 aliphatic heterocycles. The predicted octanol–water partition coefficient (Wildman–Crippen LogP) is -0.212. The van der Waals surface area contributed by atoms with Crippen molar-refractivity contribution in [3.63, 3.8) is 0 Å². The molecule has 0 rings (SSSR count). The number of rotatable bonds is 4. The first-order chi connectivity index (χ1) is 5.31. The van der Waals surface area contributed by atoms with E-state index in [1.165, 1.54) is 0 Å². The minimum absolute atomic E-state index is 0. The van der Waals surface area contributed by atoms with Crippen LogP contribution in [0.5, 0.6) is 0 Å².